The Hall–Kier alpha value is -3.49. The molecule has 10 heteroatoms. The number of nitrogens with one attached hydrogen (secondary N) is 1. The van der Waals surface area contributed by atoms with Gasteiger partial charge >= 0.3 is 0 Å². The van der Waals surface area contributed by atoms with Crippen LogP contribution in [0.15, 0.2) is 60.7 Å². The van der Waals surface area contributed by atoms with Crippen LogP contribution in [0.2, 0.25) is 10.0 Å². The minimum absolute atomic E-state index is 0.0509. The van der Waals surface area contributed by atoms with Crippen LogP contribution in [0.4, 0.5) is 14.5 Å². The number of benzene rings is 3. The molecule has 3 aromatic carbocycles. The summed E-state index contributed by atoms with van der Waals surface area (Å²) >= 11 is 12.1. The molecule has 4 rings (SSSR count). The highest BCUT2D eigenvalue weighted by Gasteiger charge is 2.40. The predicted molar refractivity (Wildman–Crippen MR) is 134 cm³/mol. The van der Waals surface area contributed by atoms with Crippen LogP contribution in [-0.4, -0.2) is 41.4 Å². The minimum Gasteiger partial charge on any atom is -0.366 e. The van der Waals surface area contributed by atoms with E-state index in [1.165, 1.54) is 24.3 Å². The Kier molecular flexibility index (Phi) is 7.56. The number of nitrogens with zero attached hydrogens (tertiary/aromatic N) is 1. The van der Waals surface area contributed by atoms with Crippen LogP contribution in [0, 0.1) is 5.82 Å². The van der Waals surface area contributed by atoms with Crippen molar-refractivity contribution in [2.24, 2.45) is 5.73 Å². The molecule has 0 aliphatic carbocycles. The predicted octanol–water partition coefficient (Wildman–Crippen LogP) is 5.02. The smallest absolute Gasteiger partial charge is 0.250 e. The summed E-state index contributed by atoms with van der Waals surface area (Å²) in [4.78, 5) is 38.7. The standard InChI is InChI=1S/C26H21Cl2F2N3O3/c27-19-6-2-1-4-16(19)17-5-3-7-21(24(17)30)32-26(36)22-12-15(29)13-33(22)23(34)11-14-8-9-20(28)18(10-14)25(31)35/h1-10,15,22H,11-13H2,(H2,31,35)(H,32,36)/t15-,22?/m1/s1. The van der Waals surface area contributed by atoms with Gasteiger partial charge in [0, 0.05) is 22.6 Å². The Morgan fingerprint density at radius 2 is 1.72 bits per heavy atom. The second kappa shape index (κ2) is 10.6. The molecule has 1 aliphatic heterocycles. The van der Waals surface area contributed by atoms with E-state index in [9.17, 15) is 18.8 Å². The molecular weight excluding hydrogens is 511 g/mol. The molecule has 36 heavy (non-hydrogen) atoms. The molecule has 0 radical (unpaired) electrons. The summed E-state index contributed by atoms with van der Waals surface area (Å²) < 4.78 is 29.6. The number of hydrogen-bond donors (Lipinski definition) is 2. The molecule has 3 N–H and O–H groups in total. The molecule has 6 nitrogen and oxygen atoms in total. The topological polar surface area (TPSA) is 92.5 Å². The number of halogens is 4. The summed E-state index contributed by atoms with van der Waals surface area (Å²) in [5, 5.41) is 2.97. The molecule has 2 atom stereocenters. The van der Waals surface area contributed by atoms with E-state index in [1.807, 2.05) is 0 Å². The first-order chi connectivity index (χ1) is 17.2. The van der Waals surface area contributed by atoms with Gasteiger partial charge in [-0.25, -0.2) is 8.78 Å². The maximum atomic E-state index is 15.3. The minimum atomic E-state index is -1.42. The number of anilines is 1. The van der Waals surface area contributed by atoms with Gasteiger partial charge < -0.3 is 16.0 Å². The highest BCUT2D eigenvalue weighted by atomic mass is 35.5. The first-order valence-corrected chi connectivity index (χ1v) is 11.8. The summed E-state index contributed by atoms with van der Waals surface area (Å²) in [6.45, 7) is -0.282. The molecule has 1 unspecified atom stereocenters. The summed E-state index contributed by atoms with van der Waals surface area (Å²) in [5.74, 6) is -2.70. The van der Waals surface area contributed by atoms with Crippen LogP contribution in [-0.2, 0) is 16.0 Å². The molecule has 186 valence electrons. The summed E-state index contributed by atoms with van der Waals surface area (Å²) in [7, 11) is 0. The quantitative estimate of drug-likeness (QED) is 0.467. The zero-order valence-corrected chi connectivity index (χ0v) is 20.3. The number of hydrogen-bond acceptors (Lipinski definition) is 3. The van der Waals surface area contributed by atoms with Gasteiger partial charge in [0.2, 0.25) is 17.7 Å². The average molecular weight is 532 g/mol. The van der Waals surface area contributed by atoms with Crippen molar-refractivity contribution in [3.8, 4) is 11.1 Å². The van der Waals surface area contributed by atoms with Gasteiger partial charge in [0.25, 0.3) is 0 Å². The Balaban J connectivity index is 1.53. The lowest BCUT2D eigenvalue weighted by Crippen LogP contribution is -2.44. The van der Waals surface area contributed by atoms with E-state index >= 15 is 4.39 Å². The van der Waals surface area contributed by atoms with Gasteiger partial charge in [-0.3, -0.25) is 14.4 Å². The van der Waals surface area contributed by atoms with Crippen molar-refractivity contribution < 1.29 is 23.2 Å². The molecular formula is C26H21Cl2F2N3O3. The number of carbonyl (C=O) groups excluding carboxylic acids is 3. The molecule has 0 aromatic heterocycles. The molecule has 1 aliphatic rings. The van der Waals surface area contributed by atoms with E-state index < -0.39 is 35.8 Å². The van der Waals surface area contributed by atoms with Gasteiger partial charge in [0.05, 0.1) is 29.2 Å². The number of nitrogens with two attached hydrogens (primary N) is 1. The van der Waals surface area contributed by atoms with Crippen LogP contribution >= 0.6 is 23.2 Å². The fourth-order valence-corrected chi connectivity index (χ4v) is 4.64. The van der Waals surface area contributed by atoms with Gasteiger partial charge in [0.1, 0.15) is 12.2 Å². The van der Waals surface area contributed by atoms with E-state index in [0.29, 0.717) is 16.1 Å². The molecule has 3 amide bonds. The first-order valence-electron chi connectivity index (χ1n) is 11.0. The third-order valence-corrected chi connectivity index (χ3v) is 6.60. The van der Waals surface area contributed by atoms with Gasteiger partial charge in [-0.15, -0.1) is 0 Å². The number of alkyl halides is 1. The summed E-state index contributed by atoms with van der Waals surface area (Å²) in [6, 6.07) is 14.4. The maximum Gasteiger partial charge on any atom is 0.250 e. The zero-order chi connectivity index (χ0) is 26.0. The van der Waals surface area contributed by atoms with Gasteiger partial charge in [-0.05, 0) is 29.8 Å². The van der Waals surface area contributed by atoms with Crippen LogP contribution in [0.1, 0.15) is 22.3 Å². The summed E-state index contributed by atoms with van der Waals surface area (Å²) in [5.41, 5.74) is 6.30. The normalized spacial score (nSPS) is 17.2. The van der Waals surface area contributed by atoms with Crippen LogP contribution in [0.5, 0.6) is 0 Å². The van der Waals surface area contributed by atoms with Crippen molar-refractivity contribution in [2.75, 3.05) is 11.9 Å². The second-order valence-electron chi connectivity index (χ2n) is 8.39. The highest BCUT2D eigenvalue weighted by molar-refractivity contribution is 6.34. The maximum absolute atomic E-state index is 15.3. The van der Waals surface area contributed by atoms with Crippen molar-refractivity contribution in [1.82, 2.24) is 4.90 Å². The fraction of sp³-hybridized carbons (Fsp3) is 0.192. The van der Waals surface area contributed by atoms with Crippen molar-refractivity contribution in [3.63, 3.8) is 0 Å². The van der Waals surface area contributed by atoms with Crippen LogP contribution in [0.25, 0.3) is 11.1 Å². The van der Waals surface area contributed by atoms with Gasteiger partial charge in [-0.2, -0.15) is 0 Å². The SMILES string of the molecule is NC(=O)c1cc(CC(=O)N2C[C@H](F)CC2C(=O)Nc2cccc(-c3ccccc3Cl)c2F)ccc1Cl. The third-order valence-electron chi connectivity index (χ3n) is 5.95. The van der Waals surface area contributed by atoms with Crippen LogP contribution in [0.3, 0.4) is 0 Å². The second-order valence-corrected chi connectivity index (χ2v) is 9.20. The molecule has 0 saturated carbocycles. The third kappa shape index (κ3) is 5.34. The molecule has 1 saturated heterocycles. The Morgan fingerprint density at radius 3 is 2.44 bits per heavy atom. The lowest BCUT2D eigenvalue weighted by atomic mass is 10.0. The summed E-state index contributed by atoms with van der Waals surface area (Å²) in [6.07, 6.45) is -1.85. The fourth-order valence-electron chi connectivity index (χ4n) is 4.19. The molecule has 0 bridgehead atoms. The van der Waals surface area contributed by atoms with E-state index in [1.54, 1.807) is 36.4 Å². The van der Waals surface area contributed by atoms with E-state index in [0.717, 1.165) is 4.90 Å². The number of rotatable bonds is 6. The Morgan fingerprint density at radius 1 is 1.00 bits per heavy atom. The lowest BCUT2D eigenvalue weighted by Gasteiger charge is -2.24. The molecule has 1 heterocycles. The lowest BCUT2D eigenvalue weighted by molar-refractivity contribution is -0.136. The number of primary amides is 1. The van der Waals surface area contributed by atoms with Crippen molar-refractivity contribution >= 4 is 46.6 Å². The number of amides is 3. The molecule has 1 fully saturated rings. The van der Waals surface area contributed by atoms with E-state index in [2.05, 4.69) is 5.32 Å². The first kappa shape index (κ1) is 25.6. The van der Waals surface area contributed by atoms with Gasteiger partial charge in [0.15, 0.2) is 5.82 Å². The van der Waals surface area contributed by atoms with Crippen molar-refractivity contribution in [3.05, 3.63) is 87.7 Å². The molecule has 3 aromatic rings. The monoisotopic (exact) mass is 531 g/mol. The number of carbonyl (C=O) groups is 3. The van der Waals surface area contributed by atoms with Crippen molar-refractivity contribution in [2.45, 2.75) is 25.1 Å². The Bertz CT molecular complexity index is 1350. The van der Waals surface area contributed by atoms with Crippen LogP contribution < -0.4 is 11.1 Å². The average Bonchev–Trinajstić information content (AvgIpc) is 3.24. The molecule has 0 spiro atoms. The highest BCUT2D eigenvalue weighted by Crippen LogP contribution is 2.33. The largest absolute Gasteiger partial charge is 0.366 e. The van der Waals surface area contributed by atoms with Gasteiger partial charge in [-0.1, -0.05) is 59.6 Å². The van der Waals surface area contributed by atoms with E-state index in [4.69, 9.17) is 28.9 Å². The zero-order valence-electron chi connectivity index (χ0n) is 18.8. The number of likely N-dealkylation sites (tertiary alicyclic amines) is 1. The Labute approximate surface area is 216 Å². The van der Waals surface area contributed by atoms with Crippen molar-refractivity contribution in [1.29, 1.82) is 0 Å². The van der Waals surface area contributed by atoms with E-state index in [-0.39, 0.29) is 41.2 Å².